The van der Waals surface area contributed by atoms with E-state index in [1.165, 1.54) is 24.3 Å². The Labute approximate surface area is 215 Å². The normalized spacial score (nSPS) is 19.0. The summed E-state index contributed by atoms with van der Waals surface area (Å²) in [5.41, 5.74) is 2.85. The number of halogens is 2. The first kappa shape index (κ1) is 26.0. The number of aromatic hydroxyl groups is 1. The van der Waals surface area contributed by atoms with Gasteiger partial charge in [-0.05, 0) is 85.0 Å². The fourth-order valence-corrected chi connectivity index (χ4v) is 4.51. The molecule has 0 aliphatic carbocycles. The lowest BCUT2D eigenvalue weighted by Gasteiger charge is -2.46. The van der Waals surface area contributed by atoms with Crippen LogP contribution >= 0.6 is 0 Å². The number of aliphatic hydroxyl groups excluding tert-OH is 1. The molecule has 4 nitrogen and oxygen atoms in total. The van der Waals surface area contributed by atoms with Crippen molar-refractivity contribution in [1.29, 1.82) is 0 Å². The number of amides is 1. The molecular weight excluding hydrogens is 472 g/mol. The van der Waals surface area contributed by atoms with Gasteiger partial charge in [0.15, 0.2) is 0 Å². The second-order valence-corrected chi connectivity index (χ2v) is 8.98. The van der Waals surface area contributed by atoms with Crippen LogP contribution in [0.5, 0.6) is 5.75 Å². The molecule has 1 fully saturated rings. The molecule has 190 valence electrons. The maximum atomic E-state index is 13.5. The SMILES string of the molecule is C\C=C/C=C(\C=C\C1[C@@H](CCC(O)c2ccc(F)cc2)C(=O)N1c1ccc(F)cc1)c1cccc(O)c1. The van der Waals surface area contributed by atoms with Crippen molar-refractivity contribution in [3.8, 4) is 5.75 Å². The van der Waals surface area contributed by atoms with E-state index in [0.29, 0.717) is 24.1 Å². The number of phenolic OH excluding ortho intramolecular Hbond substituents is 1. The molecule has 6 heteroatoms. The summed E-state index contributed by atoms with van der Waals surface area (Å²) in [6.07, 6.45) is 9.47. The Balaban J connectivity index is 1.59. The van der Waals surface area contributed by atoms with Crippen molar-refractivity contribution < 1.29 is 23.8 Å². The minimum absolute atomic E-state index is 0.107. The van der Waals surface area contributed by atoms with Crippen LogP contribution in [0, 0.1) is 17.6 Å². The van der Waals surface area contributed by atoms with E-state index >= 15 is 0 Å². The van der Waals surface area contributed by atoms with Crippen LogP contribution in [0.4, 0.5) is 14.5 Å². The molecule has 3 aromatic rings. The molecule has 1 saturated heterocycles. The molecule has 2 N–H and O–H groups in total. The van der Waals surface area contributed by atoms with Crippen LogP contribution in [0.15, 0.2) is 103 Å². The quantitative estimate of drug-likeness (QED) is 0.252. The second kappa shape index (κ2) is 11.8. The Bertz CT molecular complexity index is 1310. The average Bonchev–Trinajstić information content (AvgIpc) is 2.89. The second-order valence-electron chi connectivity index (χ2n) is 8.98. The van der Waals surface area contributed by atoms with Gasteiger partial charge in [0.1, 0.15) is 17.4 Å². The summed E-state index contributed by atoms with van der Waals surface area (Å²) in [4.78, 5) is 14.8. The van der Waals surface area contributed by atoms with Crippen molar-refractivity contribution in [2.24, 2.45) is 5.92 Å². The van der Waals surface area contributed by atoms with Crippen molar-refractivity contribution in [2.75, 3.05) is 4.90 Å². The number of carbonyl (C=O) groups excluding carboxylic acids is 1. The molecule has 0 bridgehead atoms. The Kier molecular flexibility index (Phi) is 8.31. The van der Waals surface area contributed by atoms with E-state index in [0.717, 1.165) is 11.1 Å². The number of allylic oxidation sites excluding steroid dienone is 5. The topological polar surface area (TPSA) is 60.8 Å². The molecule has 1 aliphatic rings. The predicted octanol–water partition coefficient (Wildman–Crippen LogP) is 6.73. The molecule has 1 aliphatic heterocycles. The third-order valence-corrected chi connectivity index (χ3v) is 6.50. The summed E-state index contributed by atoms with van der Waals surface area (Å²) in [6.45, 7) is 1.91. The van der Waals surface area contributed by atoms with E-state index in [1.54, 1.807) is 47.4 Å². The molecule has 3 atom stereocenters. The number of hydrogen-bond donors (Lipinski definition) is 2. The number of hydrogen-bond acceptors (Lipinski definition) is 3. The number of anilines is 1. The van der Waals surface area contributed by atoms with Crippen LogP contribution in [0.1, 0.15) is 37.0 Å². The molecule has 1 amide bonds. The number of benzene rings is 3. The minimum atomic E-state index is -0.824. The van der Waals surface area contributed by atoms with Crippen LogP contribution < -0.4 is 4.90 Å². The van der Waals surface area contributed by atoms with Crippen LogP contribution in [-0.4, -0.2) is 22.2 Å². The maximum absolute atomic E-state index is 13.5. The highest BCUT2D eigenvalue weighted by atomic mass is 19.1. The van der Waals surface area contributed by atoms with E-state index < -0.39 is 6.10 Å². The van der Waals surface area contributed by atoms with Gasteiger partial charge in [-0.1, -0.05) is 54.6 Å². The van der Waals surface area contributed by atoms with Gasteiger partial charge in [-0.3, -0.25) is 4.79 Å². The first-order valence-corrected chi connectivity index (χ1v) is 12.2. The summed E-state index contributed by atoms with van der Waals surface area (Å²) in [7, 11) is 0. The van der Waals surface area contributed by atoms with E-state index in [4.69, 9.17) is 0 Å². The number of aliphatic hydroxyl groups is 1. The van der Waals surface area contributed by atoms with Gasteiger partial charge in [-0.2, -0.15) is 0 Å². The van der Waals surface area contributed by atoms with Gasteiger partial charge in [0.25, 0.3) is 0 Å². The standard InChI is InChI=1S/C31H29F2NO3/c1-2-3-5-21(23-6-4-7-27(35)20-23)10-18-29-28(17-19-30(36)22-8-11-24(32)12-9-22)31(37)34(29)26-15-13-25(33)14-16-26/h2-16,18,20,28-30,35-36H,17,19H2,1H3/b3-2-,18-10+,21-5+/t28-,29?,30?/m1/s1. The van der Waals surface area contributed by atoms with E-state index in [2.05, 4.69) is 0 Å². The molecule has 1 heterocycles. The summed E-state index contributed by atoms with van der Waals surface area (Å²) in [6, 6.07) is 18.1. The van der Waals surface area contributed by atoms with Gasteiger partial charge in [0.2, 0.25) is 5.91 Å². The largest absolute Gasteiger partial charge is 0.508 e. The van der Waals surface area contributed by atoms with Crippen LogP contribution in [-0.2, 0) is 4.79 Å². The van der Waals surface area contributed by atoms with Gasteiger partial charge in [-0.15, -0.1) is 0 Å². The van der Waals surface area contributed by atoms with Crippen LogP contribution in [0.2, 0.25) is 0 Å². The van der Waals surface area contributed by atoms with Crippen molar-refractivity contribution in [2.45, 2.75) is 31.9 Å². The molecule has 0 radical (unpaired) electrons. The van der Waals surface area contributed by atoms with Crippen LogP contribution in [0.3, 0.4) is 0 Å². The zero-order valence-corrected chi connectivity index (χ0v) is 20.5. The first-order chi connectivity index (χ1) is 17.9. The highest BCUT2D eigenvalue weighted by Crippen LogP contribution is 2.38. The van der Waals surface area contributed by atoms with E-state index in [9.17, 15) is 23.8 Å². The molecule has 2 unspecified atom stereocenters. The predicted molar refractivity (Wildman–Crippen MR) is 142 cm³/mol. The Hall–Kier alpha value is -4.03. The zero-order valence-electron chi connectivity index (χ0n) is 20.5. The van der Waals surface area contributed by atoms with Crippen molar-refractivity contribution >= 4 is 17.2 Å². The third kappa shape index (κ3) is 6.22. The lowest BCUT2D eigenvalue weighted by Crippen LogP contribution is -2.60. The fourth-order valence-electron chi connectivity index (χ4n) is 4.51. The Morgan fingerprint density at radius 3 is 2.35 bits per heavy atom. The zero-order chi connectivity index (χ0) is 26.4. The highest BCUT2D eigenvalue weighted by molar-refractivity contribution is 6.03. The molecule has 0 saturated carbocycles. The lowest BCUT2D eigenvalue weighted by atomic mass is 9.81. The molecule has 0 spiro atoms. The number of β-lactam (4-membered cyclic amide) rings is 1. The van der Waals surface area contributed by atoms with Gasteiger partial charge in [0.05, 0.1) is 18.1 Å². The number of rotatable bonds is 9. The third-order valence-electron chi connectivity index (χ3n) is 6.50. The van der Waals surface area contributed by atoms with Gasteiger partial charge in [0, 0.05) is 5.69 Å². The van der Waals surface area contributed by atoms with Gasteiger partial charge < -0.3 is 15.1 Å². The van der Waals surface area contributed by atoms with Crippen molar-refractivity contribution in [3.05, 3.63) is 126 Å². The number of carbonyl (C=O) groups is 1. The first-order valence-electron chi connectivity index (χ1n) is 12.2. The van der Waals surface area contributed by atoms with E-state index in [-0.39, 0.29) is 35.3 Å². The van der Waals surface area contributed by atoms with Crippen molar-refractivity contribution in [3.63, 3.8) is 0 Å². The number of phenols is 1. The summed E-state index contributed by atoms with van der Waals surface area (Å²) < 4.78 is 26.8. The van der Waals surface area contributed by atoms with E-state index in [1.807, 2.05) is 43.4 Å². The molecule has 37 heavy (non-hydrogen) atoms. The number of nitrogens with zero attached hydrogens (tertiary/aromatic N) is 1. The van der Waals surface area contributed by atoms with Gasteiger partial charge in [-0.25, -0.2) is 8.78 Å². The maximum Gasteiger partial charge on any atom is 0.233 e. The summed E-state index contributed by atoms with van der Waals surface area (Å²) >= 11 is 0. The Morgan fingerprint density at radius 2 is 1.70 bits per heavy atom. The van der Waals surface area contributed by atoms with Gasteiger partial charge >= 0.3 is 0 Å². The van der Waals surface area contributed by atoms with Crippen LogP contribution in [0.25, 0.3) is 5.57 Å². The smallest absolute Gasteiger partial charge is 0.233 e. The molecule has 4 rings (SSSR count). The molecular formula is C31H29F2NO3. The monoisotopic (exact) mass is 501 g/mol. The highest BCUT2D eigenvalue weighted by Gasteiger charge is 2.46. The average molecular weight is 502 g/mol. The minimum Gasteiger partial charge on any atom is -0.508 e. The van der Waals surface area contributed by atoms with Crippen molar-refractivity contribution in [1.82, 2.24) is 0 Å². The summed E-state index contributed by atoms with van der Waals surface area (Å²) in [5, 5.41) is 20.6. The Morgan fingerprint density at radius 1 is 1.03 bits per heavy atom. The molecule has 0 aromatic heterocycles. The summed E-state index contributed by atoms with van der Waals surface area (Å²) in [5.74, 6) is -1.11. The lowest BCUT2D eigenvalue weighted by molar-refractivity contribution is -0.129. The fraction of sp³-hybridized carbons (Fsp3) is 0.194. The molecule has 3 aromatic carbocycles.